The highest BCUT2D eigenvalue weighted by Gasteiger charge is 2.15. The number of nitrogens with zero attached hydrogens (tertiary/aromatic N) is 2. The fourth-order valence-corrected chi connectivity index (χ4v) is 3.59. The van der Waals surface area contributed by atoms with Gasteiger partial charge >= 0.3 is 11.7 Å². The molecule has 30 heavy (non-hydrogen) atoms. The van der Waals surface area contributed by atoms with Crippen LogP contribution in [0.1, 0.15) is 18.2 Å². The summed E-state index contributed by atoms with van der Waals surface area (Å²) in [6.45, 7) is 3.78. The Balaban J connectivity index is 1.54. The van der Waals surface area contributed by atoms with Crippen molar-refractivity contribution in [3.63, 3.8) is 0 Å². The molecule has 0 atom stereocenters. The second-order valence-corrected chi connectivity index (χ2v) is 7.13. The van der Waals surface area contributed by atoms with Gasteiger partial charge in [0.25, 0.3) is 11.1 Å². The number of aryl methyl sites for hydroxylation is 1. The van der Waals surface area contributed by atoms with Gasteiger partial charge in [-0.05, 0) is 37.6 Å². The molecule has 0 aliphatic carbocycles. The van der Waals surface area contributed by atoms with Crippen LogP contribution in [0.2, 0.25) is 0 Å². The molecule has 0 unspecified atom stereocenters. The van der Waals surface area contributed by atoms with Crippen molar-refractivity contribution < 1.29 is 22.8 Å². The van der Waals surface area contributed by atoms with Crippen LogP contribution in [0, 0.1) is 6.92 Å². The van der Waals surface area contributed by atoms with E-state index >= 15 is 0 Å². The highest BCUT2D eigenvalue weighted by atomic mass is 32.2. The van der Waals surface area contributed by atoms with E-state index in [1.165, 1.54) is 17.8 Å². The summed E-state index contributed by atoms with van der Waals surface area (Å²) >= 11 is 1.30. The third-order valence-corrected chi connectivity index (χ3v) is 5.07. The van der Waals surface area contributed by atoms with Crippen molar-refractivity contribution in [2.45, 2.75) is 24.8 Å². The molecule has 10 heteroatoms. The molecule has 0 aliphatic rings. The molecule has 1 N–H and O–H groups in total. The monoisotopic (exact) mass is 427 g/mol. The maximum Gasteiger partial charge on any atom is 0.411 e. The lowest BCUT2D eigenvalue weighted by Crippen LogP contribution is -2.13. The Morgan fingerprint density at radius 1 is 1.20 bits per heavy atom. The molecule has 0 bridgehead atoms. The predicted molar refractivity (Wildman–Crippen MR) is 109 cm³/mol. The van der Waals surface area contributed by atoms with E-state index in [1.807, 2.05) is 6.92 Å². The van der Waals surface area contributed by atoms with E-state index in [1.54, 1.807) is 37.5 Å². The van der Waals surface area contributed by atoms with Gasteiger partial charge in [0.1, 0.15) is 11.3 Å². The van der Waals surface area contributed by atoms with Crippen LogP contribution in [-0.4, -0.2) is 22.9 Å². The minimum Gasteiger partial charge on any atom is -0.469 e. The van der Waals surface area contributed by atoms with Crippen molar-refractivity contribution >= 4 is 34.5 Å². The minimum absolute atomic E-state index is 0.257. The van der Waals surface area contributed by atoms with Crippen LogP contribution in [0.25, 0.3) is 22.4 Å². The van der Waals surface area contributed by atoms with Gasteiger partial charge in [0, 0.05) is 29.0 Å². The minimum atomic E-state index is -0.578. The number of hydrogen-bond acceptors (Lipinski definition) is 9. The number of carbonyl (C=O) groups is 1. The maximum absolute atomic E-state index is 12.0. The maximum atomic E-state index is 12.0. The molecule has 0 saturated carbocycles. The molecular formula is C20H17N3O6S. The average molecular weight is 427 g/mol. The second-order valence-electron chi connectivity index (χ2n) is 6.20. The van der Waals surface area contributed by atoms with Gasteiger partial charge in [-0.25, -0.2) is 9.59 Å². The summed E-state index contributed by atoms with van der Waals surface area (Å²) in [6.07, 6.45) is 0.980. The van der Waals surface area contributed by atoms with Gasteiger partial charge in [0.15, 0.2) is 0 Å². The molecule has 4 rings (SSSR count). The smallest absolute Gasteiger partial charge is 0.411 e. The molecule has 1 aromatic carbocycles. The van der Waals surface area contributed by atoms with E-state index in [2.05, 4.69) is 15.5 Å². The average Bonchev–Trinajstić information content (AvgIpc) is 3.34. The first-order valence-corrected chi connectivity index (χ1v) is 10.0. The molecule has 0 aliphatic heterocycles. The molecule has 3 heterocycles. The fraction of sp³-hybridized carbons (Fsp3) is 0.200. The van der Waals surface area contributed by atoms with E-state index < -0.39 is 11.7 Å². The van der Waals surface area contributed by atoms with Gasteiger partial charge < -0.3 is 18.0 Å². The van der Waals surface area contributed by atoms with Crippen LogP contribution in [0.3, 0.4) is 0 Å². The first-order chi connectivity index (χ1) is 14.5. The largest absolute Gasteiger partial charge is 0.469 e. The molecule has 0 saturated heterocycles. The summed E-state index contributed by atoms with van der Waals surface area (Å²) in [7, 11) is 0. The van der Waals surface area contributed by atoms with Gasteiger partial charge in [-0.3, -0.25) is 5.32 Å². The van der Waals surface area contributed by atoms with Crippen molar-refractivity contribution in [2.75, 3.05) is 11.9 Å². The number of thioether (sulfide) groups is 1. The van der Waals surface area contributed by atoms with Crippen molar-refractivity contribution in [1.82, 2.24) is 10.2 Å². The summed E-state index contributed by atoms with van der Waals surface area (Å²) in [5, 5.41) is 11.8. The number of fused-ring (bicyclic) bond motifs is 1. The number of benzene rings is 1. The van der Waals surface area contributed by atoms with Crippen LogP contribution < -0.4 is 10.9 Å². The molecule has 0 fully saturated rings. The lowest BCUT2D eigenvalue weighted by Gasteiger charge is -2.08. The SMILES string of the molecule is CCOC(=O)Nc1ccc2c(CSc3nnc(-c4ccoc4C)o3)cc(=O)oc2c1. The molecule has 154 valence electrons. The molecular weight excluding hydrogens is 410 g/mol. The number of rotatable bonds is 6. The molecule has 0 spiro atoms. The zero-order valence-electron chi connectivity index (χ0n) is 16.1. The van der Waals surface area contributed by atoms with Crippen LogP contribution >= 0.6 is 11.8 Å². The number of nitrogens with one attached hydrogen (secondary N) is 1. The highest BCUT2D eigenvalue weighted by Crippen LogP contribution is 2.30. The lowest BCUT2D eigenvalue weighted by molar-refractivity contribution is 0.168. The number of furan rings is 1. The molecule has 9 nitrogen and oxygen atoms in total. The van der Waals surface area contributed by atoms with Gasteiger partial charge in [-0.2, -0.15) is 0 Å². The van der Waals surface area contributed by atoms with Gasteiger partial charge in [-0.1, -0.05) is 11.8 Å². The van der Waals surface area contributed by atoms with E-state index in [-0.39, 0.29) is 6.61 Å². The number of hydrogen-bond donors (Lipinski definition) is 1. The Bertz CT molecular complexity index is 1260. The first-order valence-electron chi connectivity index (χ1n) is 9.05. The van der Waals surface area contributed by atoms with Crippen molar-refractivity contribution in [3.8, 4) is 11.5 Å². The number of anilines is 1. The molecule has 4 aromatic rings. The summed E-state index contributed by atoms with van der Waals surface area (Å²) in [5.74, 6) is 1.48. The van der Waals surface area contributed by atoms with Gasteiger partial charge in [0.2, 0.25) is 0 Å². The Labute approximate surface area is 174 Å². The third kappa shape index (κ3) is 4.23. The Kier molecular flexibility index (Phi) is 5.57. The Morgan fingerprint density at radius 2 is 2.07 bits per heavy atom. The van der Waals surface area contributed by atoms with Crippen molar-refractivity contribution in [3.05, 3.63) is 58.3 Å². The van der Waals surface area contributed by atoms with E-state index in [0.717, 1.165) is 16.5 Å². The quantitative estimate of drug-likeness (QED) is 0.347. The molecule has 3 aromatic heterocycles. The number of ether oxygens (including phenoxy) is 1. The van der Waals surface area contributed by atoms with E-state index in [4.69, 9.17) is 18.0 Å². The summed E-state index contributed by atoms with van der Waals surface area (Å²) in [6, 6.07) is 8.23. The van der Waals surface area contributed by atoms with Gasteiger partial charge in [-0.15, -0.1) is 10.2 Å². The van der Waals surface area contributed by atoms with Crippen molar-refractivity contribution in [1.29, 1.82) is 0 Å². The van der Waals surface area contributed by atoms with Gasteiger partial charge in [0.05, 0.1) is 18.4 Å². The van der Waals surface area contributed by atoms with Crippen LogP contribution in [-0.2, 0) is 10.5 Å². The lowest BCUT2D eigenvalue weighted by atomic mass is 10.1. The normalized spacial score (nSPS) is 11.0. The van der Waals surface area contributed by atoms with Crippen molar-refractivity contribution in [2.24, 2.45) is 0 Å². The van der Waals surface area contributed by atoms with E-state index in [0.29, 0.717) is 33.9 Å². The fourth-order valence-electron chi connectivity index (χ4n) is 2.84. The van der Waals surface area contributed by atoms with Crippen LogP contribution in [0.15, 0.2) is 59.9 Å². The zero-order chi connectivity index (χ0) is 21.1. The van der Waals surface area contributed by atoms with E-state index in [9.17, 15) is 9.59 Å². The second kappa shape index (κ2) is 8.46. The Hall–Kier alpha value is -3.53. The number of amides is 1. The topological polar surface area (TPSA) is 121 Å². The van der Waals surface area contributed by atoms with Crippen LogP contribution in [0.4, 0.5) is 10.5 Å². The molecule has 0 radical (unpaired) electrons. The zero-order valence-corrected chi connectivity index (χ0v) is 16.9. The third-order valence-electron chi connectivity index (χ3n) is 4.20. The summed E-state index contributed by atoms with van der Waals surface area (Å²) < 4.78 is 21.1. The summed E-state index contributed by atoms with van der Waals surface area (Å²) in [4.78, 5) is 23.6. The standard InChI is InChI=1S/C20H17N3O6S/c1-3-26-19(25)21-13-4-5-15-12(8-17(24)28-16(15)9-13)10-30-20-23-22-18(29-20)14-6-7-27-11(14)2/h4-9H,3,10H2,1-2H3,(H,21,25). The molecule has 1 amide bonds. The number of aromatic nitrogens is 2. The van der Waals surface area contributed by atoms with Crippen LogP contribution in [0.5, 0.6) is 0 Å². The highest BCUT2D eigenvalue weighted by molar-refractivity contribution is 7.98. The number of carbonyl (C=O) groups excluding carboxylic acids is 1. The predicted octanol–water partition coefficient (Wildman–Crippen LogP) is 4.61. The Morgan fingerprint density at radius 3 is 2.83 bits per heavy atom. The summed E-state index contributed by atoms with van der Waals surface area (Å²) in [5.41, 5.74) is 1.81. The first kappa shape index (κ1) is 19.8.